The van der Waals surface area contributed by atoms with Gasteiger partial charge in [0.25, 0.3) is 5.13 Å². The number of aromatic nitrogens is 2. The van der Waals surface area contributed by atoms with E-state index in [0.29, 0.717) is 42.1 Å². The van der Waals surface area contributed by atoms with Gasteiger partial charge in [0.15, 0.2) is 6.79 Å². The number of fused-ring (bicyclic) bond motifs is 1. The van der Waals surface area contributed by atoms with E-state index in [1.165, 1.54) is 17.9 Å². The Morgan fingerprint density at radius 1 is 1.22 bits per heavy atom. The highest BCUT2D eigenvalue weighted by Crippen LogP contribution is 2.44. The lowest BCUT2D eigenvalue weighted by Gasteiger charge is -2.38. The smallest absolute Gasteiger partial charge is 0.433 e. The number of aryl methyl sites for hydroxylation is 1. The predicted molar refractivity (Wildman–Crippen MR) is 139 cm³/mol. The first-order chi connectivity index (χ1) is 19.1. The summed E-state index contributed by atoms with van der Waals surface area (Å²) in [6, 6.07) is 2.42. The molecular weight excluding hydrogens is 673 g/mol. The number of anilines is 2. The van der Waals surface area contributed by atoms with Crippen LogP contribution < -0.4 is 9.62 Å². The van der Waals surface area contributed by atoms with Crippen LogP contribution in [0.1, 0.15) is 21.8 Å². The standard InChI is InChI=1S/C20H23BrF5N7O6S2/c1-32(2)8-33-14-7-13(31-41(35,36)20(25,26)19(22,23)24)12(6-11(14)4-5-15(33)21)27-29-18-30-28-16(40-18)17(34)39-10-38-9-37-3/h6-7,15,31H,4-5,8-10H2,1-3H3. The molecule has 1 aromatic heterocycles. The molecule has 3 rings (SSSR count). The first-order valence-corrected chi connectivity index (χ1v) is 14.5. The van der Waals surface area contributed by atoms with E-state index in [9.17, 15) is 35.2 Å². The lowest BCUT2D eigenvalue weighted by molar-refractivity contribution is -0.241. The average Bonchev–Trinajstić information content (AvgIpc) is 3.35. The second-order valence-electron chi connectivity index (χ2n) is 8.53. The second-order valence-corrected chi connectivity index (χ2v) is 12.3. The molecule has 1 unspecified atom stereocenters. The number of rotatable bonds is 12. The monoisotopic (exact) mass is 695 g/mol. The predicted octanol–water partition coefficient (Wildman–Crippen LogP) is 4.58. The highest BCUT2D eigenvalue weighted by atomic mass is 79.9. The fourth-order valence-corrected chi connectivity index (χ4v) is 5.40. The van der Waals surface area contributed by atoms with Crippen LogP contribution in [0.15, 0.2) is 22.4 Å². The van der Waals surface area contributed by atoms with Gasteiger partial charge in [-0.25, -0.2) is 4.79 Å². The number of sulfonamides is 1. The number of azo groups is 1. The van der Waals surface area contributed by atoms with Crippen LogP contribution in [0, 0.1) is 0 Å². The largest absolute Gasteiger partial charge is 0.471 e. The zero-order valence-electron chi connectivity index (χ0n) is 21.5. The molecule has 0 bridgehead atoms. The summed E-state index contributed by atoms with van der Waals surface area (Å²) >= 11 is 4.11. The summed E-state index contributed by atoms with van der Waals surface area (Å²) < 4.78 is 107. The third-order valence-electron chi connectivity index (χ3n) is 5.15. The van der Waals surface area contributed by atoms with Crippen LogP contribution in [0.3, 0.4) is 0 Å². The van der Waals surface area contributed by atoms with E-state index < -0.39 is 39.9 Å². The van der Waals surface area contributed by atoms with Crippen molar-refractivity contribution in [2.24, 2.45) is 10.2 Å². The van der Waals surface area contributed by atoms with Crippen molar-refractivity contribution in [2.75, 3.05) is 51.1 Å². The summed E-state index contributed by atoms with van der Waals surface area (Å²) in [6.07, 6.45) is -5.37. The normalized spacial score (nSPS) is 16.3. The lowest BCUT2D eigenvalue weighted by atomic mass is 10.0. The first-order valence-electron chi connectivity index (χ1n) is 11.3. The van der Waals surface area contributed by atoms with Gasteiger partial charge >= 0.3 is 27.4 Å². The maximum Gasteiger partial charge on any atom is 0.471 e. The molecule has 1 atom stereocenters. The number of nitrogens with zero attached hydrogens (tertiary/aromatic N) is 6. The molecule has 0 amide bonds. The van der Waals surface area contributed by atoms with Gasteiger partial charge in [0.1, 0.15) is 12.5 Å². The van der Waals surface area contributed by atoms with Crippen LogP contribution in [0.2, 0.25) is 0 Å². The number of methoxy groups -OCH3 is 1. The molecule has 1 N–H and O–H groups in total. The fraction of sp³-hybridized carbons (Fsp3) is 0.550. The summed E-state index contributed by atoms with van der Waals surface area (Å²) in [6.45, 7) is -0.271. The molecule has 21 heteroatoms. The van der Waals surface area contributed by atoms with Crippen LogP contribution in [0.25, 0.3) is 0 Å². The molecule has 0 fully saturated rings. The number of alkyl halides is 6. The van der Waals surface area contributed by atoms with Gasteiger partial charge in [-0.1, -0.05) is 27.3 Å². The van der Waals surface area contributed by atoms with E-state index >= 15 is 0 Å². The van der Waals surface area contributed by atoms with E-state index in [1.807, 2.05) is 0 Å². The topological polar surface area (TPSA) is 148 Å². The molecule has 41 heavy (non-hydrogen) atoms. The SMILES string of the molecule is COCOCOC(=O)c1nnc(N=Nc2cc3c(cc2NS(=O)(=O)C(F)(F)C(F)(F)F)N(CN(C)C)C(Br)CC3)s1. The van der Waals surface area contributed by atoms with Crippen molar-refractivity contribution >= 4 is 65.5 Å². The second kappa shape index (κ2) is 13.2. The highest BCUT2D eigenvalue weighted by Gasteiger charge is 2.67. The van der Waals surface area contributed by atoms with E-state index in [2.05, 4.69) is 41.1 Å². The van der Waals surface area contributed by atoms with Crippen LogP contribution in [0.4, 0.5) is 44.1 Å². The zero-order chi connectivity index (χ0) is 30.6. The number of benzene rings is 1. The Bertz CT molecular complexity index is 1380. The third-order valence-corrected chi connectivity index (χ3v) is 8.29. The van der Waals surface area contributed by atoms with Gasteiger partial charge in [-0.2, -0.15) is 30.4 Å². The fourth-order valence-electron chi connectivity index (χ4n) is 3.37. The summed E-state index contributed by atoms with van der Waals surface area (Å²) in [4.78, 5) is 15.3. The van der Waals surface area contributed by atoms with Gasteiger partial charge in [-0.15, -0.1) is 20.4 Å². The molecule has 0 saturated heterocycles. The summed E-state index contributed by atoms with van der Waals surface area (Å²) in [7, 11) is -1.47. The van der Waals surface area contributed by atoms with Gasteiger partial charge in [-0.3, -0.25) is 9.62 Å². The minimum Gasteiger partial charge on any atom is -0.433 e. The number of halogens is 6. The summed E-state index contributed by atoms with van der Waals surface area (Å²) in [5.74, 6) is -0.915. The molecule has 0 spiro atoms. The van der Waals surface area contributed by atoms with Crippen molar-refractivity contribution in [3.8, 4) is 0 Å². The minimum absolute atomic E-state index is 0.131. The van der Waals surface area contributed by atoms with Gasteiger partial charge in [0.2, 0.25) is 5.01 Å². The lowest BCUT2D eigenvalue weighted by Crippen LogP contribution is -2.47. The molecule has 2 heterocycles. The van der Waals surface area contributed by atoms with E-state index in [4.69, 9.17) is 9.47 Å². The number of ether oxygens (including phenoxy) is 3. The van der Waals surface area contributed by atoms with E-state index in [0.717, 1.165) is 6.07 Å². The molecule has 0 radical (unpaired) electrons. The van der Waals surface area contributed by atoms with E-state index in [1.54, 1.807) is 23.9 Å². The van der Waals surface area contributed by atoms with Crippen molar-refractivity contribution in [1.82, 2.24) is 15.1 Å². The van der Waals surface area contributed by atoms with Crippen molar-refractivity contribution in [3.05, 3.63) is 22.7 Å². The van der Waals surface area contributed by atoms with Crippen molar-refractivity contribution < 1.29 is 49.4 Å². The zero-order valence-corrected chi connectivity index (χ0v) is 24.7. The third kappa shape index (κ3) is 7.83. The number of esters is 1. The molecule has 1 aliphatic rings. The van der Waals surface area contributed by atoms with Gasteiger partial charge in [0, 0.05) is 12.8 Å². The van der Waals surface area contributed by atoms with Crippen molar-refractivity contribution in [3.63, 3.8) is 0 Å². The summed E-state index contributed by atoms with van der Waals surface area (Å²) in [5, 5.41) is 8.20. The number of carbonyl (C=O) groups is 1. The quantitative estimate of drug-likeness (QED) is 0.0636. The Kier molecular flexibility index (Phi) is 10.6. The molecule has 1 aliphatic heterocycles. The summed E-state index contributed by atoms with van der Waals surface area (Å²) in [5.41, 5.74) is -0.105. The minimum atomic E-state index is -6.39. The van der Waals surface area contributed by atoms with Crippen molar-refractivity contribution in [1.29, 1.82) is 0 Å². The van der Waals surface area contributed by atoms with Crippen LogP contribution in [0.5, 0.6) is 0 Å². The van der Waals surface area contributed by atoms with Gasteiger partial charge < -0.3 is 19.1 Å². The Balaban J connectivity index is 1.99. The van der Waals surface area contributed by atoms with Crippen LogP contribution in [-0.4, -0.2) is 87.3 Å². The van der Waals surface area contributed by atoms with Crippen molar-refractivity contribution in [2.45, 2.75) is 29.2 Å². The van der Waals surface area contributed by atoms with E-state index in [-0.39, 0.29) is 27.6 Å². The number of nitrogens with one attached hydrogen (secondary N) is 1. The molecule has 0 saturated carbocycles. The number of hydrogen-bond donors (Lipinski definition) is 1. The molecule has 1 aromatic carbocycles. The first kappa shape index (κ1) is 32.9. The van der Waals surface area contributed by atoms with Crippen LogP contribution in [-0.2, 0) is 30.7 Å². The number of carbonyl (C=O) groups excluding carboxylic acids is 1. The highest BCUT2D eigenvalue weighted by molar-refractivity contribution is 9.09. The number of hydrogen-bond acceptors (Lipinski definition) is 13. The Labute approximate surface area is 242 Å². The Hall–Kier alpha value is -2.59. The molecule has 0 aliphatic carbocycles. The van der Waals surface area contributed by atoms with Gasteiger partial charge in [0.05, 0.1) is 17.3 Å². The molecular formula is C20H23BrF5N7O6S2. The Morgan fingerprint density at radius 2 is 1.93 bits per heavy atom. The van der Waals surface area contributed by atoms with Crippen LogP contribution >= 0.6 is 27.3 Å². The molecule has 228 valence electrons. The average molecular weight is 696 g/mol. The Morgan fingerprint density at radius 3 is 2.56 bits per heavy atom. The molecule has 2 aromatic rings. The molecule has 13 nitrogen and oxygen atoms in total. The van der Waals surface area contributed by atoms with Gasteiger partial charge in [-0.05, 0) is 44.6 Å². The maximum atomic E-state index is 13.9. The maximum absolute atomic E-state index is 13.9.